The van der Waals surface area contributed by atoms with Crippen molar-refractivity contribution in [1.82, 2.24) is 4.57 Å². The third kappa shape index (κ3) is 4.15. The molecular weight excluding hydrogens is 309 g/mol. The molecule has 1 aromatic carbocycles. The van der Waals surface area contributed by atoms with E-state index in [1.165, 1.54) is 16.7 Å². The number of aliphatic hydroxyl groups excluding tert-OH is 1. The molecule has 0 amide bonds. The highest BCUT2D eigenvalue weighted by Crippen LogP contribution is 2.31. The lowest BCUT2D eigenvalue weighted by molar-refractivity contribution is 0.0533. The fourth-order valence-corrected chi connectivity index (χ4v) is 2.79. The second-order valence-electron chi connectivity index (χ2n) is 8.35. The Hall–Kier alpha value is -1.88. The van der Waals surface area contributed by atoms with Crippen LogP contribution in [0, 0.1) is 11.2 Å². The number of halogens is 1. The Bertz CT molecular complexity index is 763. The van der Waals surface area contributed by atoms with E-state index in [4.69, 9.17) is 4.74 Å². The lowest BCUT2D eigenvalue weighted by atomic mass is 9.87. The summed E-state index contributed by atoms with van der Waals surface area (Å²) in [7, 11) is 0. The van der Waals surface area contributed by atoms with Crippen molar-refractivity contribution < 1.29 is 19.0 Å². The Labute approximate surface area is 142 Å². The summed E-state index contributed by atoms with van der Waals surface area (Å²) >= 11 is 0. The maximum Gasteiger partial charge on any atom is 0.419 e. The fourth-order valence-electron chi connectivity index (χ4n) is 2.79. The average molecular weight is 335 g/mol. The zero-order chi connectivity index (χ0) is 18.3. The molecule has 0 aliphatic rings. The van der Waals surface area contributed by atoms with E-state index in [2.05, 4.69) is 20.8 Å². The molecule has 2 rings (SSSR count). The quantitative estimate of drug-likeness (QED) is 0.869. The van der Waals surface area contributed by atoms with Gasteiger partial charge in [0, 0.05) is 5.39 Å². The van der Waals surface area contributed by atoms with E-state index >= 15 is 0 Å². The first-order valence-corrected chi connectivity index (χ1v) is 8.08. The highest BCUT2D eigenvalue weighted by Gasteiger charge is 2.25. The third-order valence-electron chi connectivity index (χ3n) is 3.47. The maximum absolute atomic E-state index is 14.0. The minimum absolute atomic E-state index is 0.0802. The second kappa shape index (κ2) is 6.20. The summed E-state index contributed by atoms with van der Waals surface area (Å²) in [5.41, 5.74) is 0.973. The SMILES string of the molecule is CC(C)(C)Cc1cc(F)cc2cc(CO)n(C(=O)OC(C)(C)C)c12. The highest BCUT2D eigenvalue weighted by atomic mass is 19.1. The molecule has 4 nitrogen and oxygen atoms in total. The minimum Gasteiger partial charge on any atom is -0.443 e. The van der Waals surface area contributed by atoms with Crippen LogP contribution in [0.15, 0.2) is 18.2 Å². The van der Waals surface area contributed by atoms with Gasteiger partial charge in [0.2, 0.25) is 0 Å². The van der Waals surface area contributed by atoms with Crippen LogP contribution in [0.5, 0.6) is 0 Å². The number of carbonyl (C=O) groups excluding carboxylic acids is 1. The van der Waals surface area contributed by atoms with Gasteiger partial charge >= 0.3 is 6.09 Å². The molecule has 0 bridgehead atoms. The largest absolute Gasteiger partial charge is 0.443 e. The Kier molecular flexibility index (Phi) is 4.77. The van der Waals surface area contributed by atoms with E-state index in [0.29, 0.717) is 23.0 Å². The van der Waals surface area contributed by atoms with Gasteiger partial charge in [0.15, 0.2) is 0 Å². The number of hydrogen-bond donors (Lipinski definition) is 1. The van der Waals surface area contributed by atoms with Gasteiger partial charge in [-0.05, 0) is 56.4 Å². The molecule has 0 atom stereocenters. The van der Waals surface area contributed by atoms with Crippen molar-refractivity contribution in [2.45, 2.75) is 60.2 Å². The van der Waals surface area contributed by atoms with Gasteiger partial charge < -0.3 is 9.84 Å². The van der Waals surface area contributed by atoms with Gasteiger partial charge in [-0.2, -0.15) is 0 Å². The number of ether oxygens (including phenoxy) is 1. The Morgan fingerprint density at radius 3 is 2.29 bits per heavy atom. The first kappa shape index (κ1) is 18.5. The minimum atomic E-state index is -0.662. The molecule has 0 radical (unpaired) electrons. The highest BCUT2D eigenvalue weighted by molar-refractivity contribution is 5.93. The zero-order valence-electron chi connectivity index (χ0n) is 15.2. The summed E-state index contributed by atoms with van der Waals surface area (Å²) < 4.78 is 20.8. The molecular formula is C19H26FNO3. The molecule has 5 heteroatoms. The number of aromatic nitrogens is 1. The normalized spacial score (nSPS) is 12.7. The zero-order valence-corrected chi connectivity index (χ0v) is 15.2. The molecule has 0 saturated carbocycles. The molecule has 0 fully saturated rings. The van der Waals surface area contributed by atoms with Crippen LogP contribution in [-0.2, 0) is 17.8 Å². The first-order valence-electron chi connectivity index (χ1n) is 8.08. The standard InChI is InChI=1S/C19H26FNO3/c1-18(2,3)10-13-8-14(20)7-12-9-15(11-22)21(16(12)13)17(23)24-19(4,5)6/h7-9,22H,10-11H2,1-6H3. The van der Waals surface area contributed by atoms with Gasteiger partial charge in [-0.25, -0.2) is 13.8 Å². The molecule has 1 N–H and O–H groups in total. The second-order valence-corrected chi connectivity index (χ2v) is 8.35. The molecule has 0 aliphatic heterocycles. The molecule has 2 aromatic rings. The molecule has 0 aliphatic carbocycles. The van der Waals surface area contributed by atoms with Crippen LogP contribution in [0.2, 0.25) is 0 Å². The van der Waals surface area contributed by atoms with Gasteiger partial charge in [-0.3, -0.25) is 0 Å². The van der Waals surface area contributed by atoms with E-state index in [1.807, 2.05) is 0 Å². The summed E-state index contributed by atoms with van der Waals surface area (Å²) in [6.45, 7) is 11.2. The van der Waals surface area contributed by atoms with Gasteiger partial charge in [0.05, 0.1) is 17.8 Å². The van der Waals surface area contributed by atoms with E-state index < -0.39 is 11.7 Å². The number of nitrogens with zero attached hydrogens (tertiary/aromatic N) is 1. The van der Waals surface area contributed by atoms with Gasteiger partial charge in [-0.1, -0.05) is 20.8 Å². The van der Waals surface area contributed by atoms with Crippen LogP contribution < -0.4 is 0 Å². The van der Waals surface area contributed by atoms with Crippen LogP contribution in [-0.4, -0.2) is 21.4 Å². The number of carbonyl (C=O) groups is 1. The summed E-state index contributed by atoms with van der Waals surface area (Å²) in [6, 6.07) is 4.46. The third-order valence-corrected chi connectivity index (χ3v) is 3.47. The summed E-state index contributed by atoms with van der Waals surface area (Å²) in [4.78, 5) is 12.7. The van der Waals surface area contributed by atoms with Crippen LogP contribution in [0.25, 0.3) is 10.9 Å². The van der Waals surface area contributed by atoms with Crippen molar-refractivity contribution in [2.24, 2.45) is 5.41 Å². The summed E-state index contributed by atoms with van der Waals surface area (Å²) in [5.74, 6) is -0.354. The van der Waals surface area contributed by atoms with Crippen molar-refractivity contribution >= 4 is 17.0 Å². The molecule has 0 saturated heterocycles. The van der Waals surface area contributed by atoms with E-state index in [-0.39, 0.29) is 17.8 Å². The monoisotopic (exact) mass is 335 g/mol. The lowest BCUT2D eigenvalue weighted by Crippen LogP contribution is -2.28. The van der Waals surface area contributed by atoms with Crippen molar-refractivity contribution in [2.75, 3.05) is 0 Å². The predicted octanol–water partition coefficient (Wildman–Crippen LogP) is 4.64. The van der Waals surface area contributed by atoms with Crippen LogP contribution in [0.3, 0.4) is 0 Å². The van der Waals surface area contributed by atoms with E-state index in [9.17, 15) is 14.3 Å². The molecule has 0 spiro atoms. The predicted molar refractivity (Wildman–Crippen MR) is 92.6 cm³/mol. The van der Waals surface area contributed by atoms with E-state index in [1.54, 1.807) is 26.8 Å². The molecule has 0 unspecified atom stereocenters. The molecule has 1 aromatic heterocycles. The number of rotatable bonds is 2. The number of aliphatic hydroxyl groups is 1. The van der Waals surface area contributed by atoms with Crippen LogP contribution >= 0.6 is 0 Å². The Balaban J connectivity index is 2.70. The van der Waals surface area contributed by atoms with Crippen molar-refractivity contribution in [3.8, 4) is 0 Å². The lowest BCUT2D eigenvalue weighted by Gasteiger charge is -2.23. The number of hydrogen-bond acceptors (Lipinski definition) is 3. The fraction of sp³-hybridized carbons (Fsp3) is 0.526. The van der Waals surface area contributed by atoms with Crippen molar-refractivity contribution in [3.63, 3.8) is 0 Å². The number of benzene rings is 1. The van der Waals surface area contributed by atoms with Gasteiger partial charge in [0.1, 0.15) is 11.4 Å². The summed E-state index contributed by atoms with van der Waals surface area (Å²) in [6.07, 6.45) is 0.0298. The Morgan fingerprint density at radius 2 is 1.79 bits per heavy atom. The van der Waals surface area contributed by atoms with Gasteiger partial charge in [-0.15, -0.1) is 0 Å². The smallest absolute Gasteiger partial charge is 0.419 e. The van der Waals surface area contributed by atoms with Crippen LogP contribution in [0.1, 0.15) is 52.8 Å². The topological polar surface area (TPSA) is 51.5 Å². The first-order chi connectivity index (χ1) is 10.9. The van der Waals surface area contributed by atoms with E-state index in [0.717, 1.165) is 5.56 Å². The Morgan fingerprint density at radius 1 is 1.17 bits per heavy atom. The van der Waals surface area contributed by atoms with Gasteiger partial charge in [0.25, 0.3) is 0 Å². The molecule has 132 valence electrons. The summed E-state index contributed by atoms with van der Waals surface area (Å²) in [5, 5.41) is 10.2. The number of fused-ring (bicyclic) bond motifs is 1. The average Bonchev–Trinajstić information content (AvgIpc) is 2.73. The van der Waals surface area contributed by atoms with Crippen molar-refractivity contribution in [3.05, 3.63) is 35.3 Å². The maximum atomic E-state index is 14.0. The molecule has 24 heavy (non-hydrogen) atoms. The molecule has 1 heterocycles. The van der Waals surface area contributed by atoms with Crippen LogP contribution in [0.4, 0.5) is 9.18 Å². The van der Waals surface area contributed by atoms with Crippen molar-refractivity contribution in [1.29, 1.82) is 0 Å².